The van der Waals surface area contributed by atoms with Crippen LogP contribution in [0.1, 0.15) is 32.6 Å². The Morgan fingerprint density at radius 3 is 2.33 bits per heavy atom. The first kappa shape index (κ1) is 11.4. The van der Waals surface area contributed by atoms with Gasteiger partial charge < -0.3 is 15.3 Å². The van der Waals surface area contributed by atoms with Crippen molar-refractivity contribution in [3.63, 3.8) is 0 Å². The van der Waals surface area contributed by atoms with Crippen molar-refractivity contribution >= 4 is 5.97 Å². The smallest absolute Gasteiger partial charge is 0.335 e. The Kier molecular flexibility index (Phi) is 4.85. The number of unbranched alkanes of at least 4 members (excludes halogenated alkanes) is 1. The van der Waals surface area contributed by atoms with Crippen LogP contribution < -0.4 is 0 Å². The van der Waals surface area contributed by atoms with Gasteiger partial charge in [0.1, 0.15) is 0 Å². The molecule has 0 unspecified atom stereocenters. The van der Waals surface area contributed by atoms with Crippen LogP contribution in [0.15, 0.2) is 0 Å². The SMILES string of the molecule is CC[C@@](O)(CCCCO)C(=O)O. The molecule has 12 heavy (non-hydrogen) atoms. The van der Waals surface area contributed by atoms with Crippen molar-refractivity contribution in [3.05, 3.63) is 0 Å². The molecule has 0 saturated heterocycles. The molecule has 0 spiro atoms. The van der Waals surface area contributed by atoms with Crippen LogP contribution in [0, 0.1) is 0 Å². The third-order valence-corrected chi connectivity index (χ3v) is 1.98. The van der Waals surface area contributed by atoms with Crippen molar-refractivity contribution in [2.75, 3.05) is 6.61 Å². The van der Waals surface area contributed by atoms with Gasteiger partial charge in [0.05, 0.1) is 0 Å². The minimum Gasteiger partial charge on any atom is -0.479 e. The Morgan fingerprint density at radius 1 is 1.42 bits per heavy atom. The van der Waals surface area contributed by atoms with Crippen LogP contribution in [0.2, 0.25) is 0 Å². The van der Waals surface area contributed by atoms with E-state index in [1.807, 2.05) is 0 Å². The molecule has 4 nitrogen and oxygen atoms in total. The Balaban J connectivity index is 3.88. The minimum absolute atomic E-state index is 0.0411. The maximum atomic E-state index is 10.5. The number of carboxylic acid groups (broad SMARTS) is 1. The van der Waals surface area contributed by atoms with Crippen LogP contribution in [0.5, 0.6) is 0 Å². The normalized spacial score (nSPS) is 15.6. The van der Waals surface area contributed by atoms with Gasteiger partial charge in [-0.15, -0.1) is 0 Å². The summed E-state index contributed by atoms with van der Waals surface area (Å²) in [6.07, 6.45) is 1.48. The number of aliphatic hydroxyl groups is 2. The molecule has 3 N–H and O–H groups in total. The van der Waals surface area contributed by atoms with E-state index in [1.54, 1.807) is 6.92 Å². The molecule has 0 saturated carbocycles. The fourth-order valence-electron chi connectivity index (χ4n) is 0.964. The quantitative estimate of drug-likeness (QED) is 0.511. The first-order valence-electron chi connectivity index (χ1n) is 4.13. The summed E-state index contributed by atoms with van der Waals surface area (Å²) in [5, 5.41) is 26.5. The molecule has 0 heterocycles. The van der Waals surface area contributed by atoms with Gasteiger partial charge >= 0.3 is 5.97 Å². The Hall–Kier alpha value is -0.610. The van der Waals surface area contributed by atoms with Crippen LogP contribution in [0.3, 0.4) is 0 Å². The third-order valence-electron chi connectivity index (χ3n) is 1.98. The second-order valence-electron chi connectivity index (χ2n) is 2.87. The van der Waals surface area contributed by atoms with E-state index in [0.29, 0.717) is 12.8 Å². The van der Waals surface area contributed by atoms with E-state index in [4.69, 9.17) is 10.2 Å². The van der Waals surface area contributed by atoms with Crippen molar-refractivity contribution < 1.29 is 20.1 Å². The number of hydrogen-bond acceptors (Lipinski definition) is 3. The van der Waals surface area contributed by atoms with Crippen LogP contribution in [-0.4, -0.2) is 33.5 Å². The van der Waals surface area contributed by atoms with Crippen LogP contribution in [-0.2, 0) is 4.79 Å². The highest BCUT2D eigenvalue weighted by atomic mass is 16.4. The van der Waals surface area contributed by atoms with Gasteiger partial charge in [-0.1, -0.05) is 6.92 Å². The maximum Gasteiger partial charge on any atom is 0.335 e. The molecule has 0 aromatic rings. The van der Waals surface area contributed by atoms with E-state index in [9.17, 15) is 9.90 Å². The van der Waals surface area contributed by atoms with Crippen molar-refractivity contribution in [1.29, 1.82) is 0 Å². The van der Waals surface area contributed by atoms with E-state index < -0.39 is 11.6 Å². The average molecular weight is 176 g/mol. The van der Waals surface area contributed by atoms with E-state index in [2.05, 4.69) is 0 Å². The van der Waals surface area contributed by atoms with Crippen molar-refractivity contribution in [3.8, 4) is 0 Å². The summed E-state index contributed by atoms with van der Waals surface area (Å²) in [7, 11) is 0. The third kappa shape index (κ3) is 3.19. The van der Waals surface area contributed by atoms with Crippen molar-refractivity contribution in [1.82, 2.24) is 0 Å². The fourth-order valence-corrected chi connectivity index (χ4v) is 0.964. The standard InChI is InChI=1S/C8H16O4/c1-2-8(12,7(10)11)5-3-4-6-9/h9,12H,2-6H2,1H3,(H,10,11)/t8-/m1/s1. The van der Waals surface area contributed by atoms with Gasteiger partial charge in [0, 0.05) is 6.61 Å². The van der Waals surface area contributed by atoms with Gasteiger partial charge in [0.2, 0.25) is 0 Å². The zero-order chi connectivity index (χ0) is 9.61. The molecule has 0 aromatic carbocycles. The number of hydrogen-bond donors (Lipinski definition) is 3. The summed E-state index contributed by atoms with van der Waals surface area (Å²) in [5.74, 6) is -1.18. The number of rotatable bonds is 6. The summed E-state index contributed by atoms with van der Waals surface area (Å²) in [5.41, 5.74) is -1.60. The Bertz CT molecular complexity index is 146. The van der Waals surface area contributed by atoms with E-state index in [1.165, 1.54) is 0 Å². The molecule has 0 rings (SSSR count). The fraction of sp³-hybridized carbons (Fsp3) is 0.875. The molecular formula is C8H16O4. The molecule has 0 aliphatic rings. The molecule has 4 heteroatoms. The molecule has 0 fully saturated rings. The lowest BCUT2D eigenvalue weighted by atomic mass is 9.94. The summed E-state index contributed by atoms with van der Waals surface area (Å²) in [6, 6.07) is 0. The predicted octanol–water partition coefficient (Wildman–Crippen LogP) is 0.375. The first-order chi connectivity index (χ1) is 5.56. The number of carboxylic acids is 1. The lowest BCUT2D eigenvalue weighted by Gasteiger charge is -2.20. The van der Waals surface area contributed by atoms with Crippen molar-refractivity contribution in [2.24, 2.45) is 0 Å². The highest BCUT2D eigenvalue weighted by molar-refractivity contribution is 5.76. The molecular weight excluding hydrogens is 160 g/mol. The molecule has 0 amide bonds. The summed E-state index contributed by atoms with van der Waals surface area (Å²) < 4.78 is 0. The van der Waals surface area contributed by atoms with Gasteiger partial charge in [-0.25, -0.2) is 4.79 Å². The average Bonchev–Trinajstić information content (AvgIpc) is 2.04. The highest BCUT2D eigenvalue weighted by Crippen LogP contribution is 2.18. The predicted molar refractivity (Wildman–Crippen MR) is 43.8 cm³/mol. The van der Waals surface area contributed by atoms with E-state index >= 15 is 0 Å². The summed E-state index contributed by atoms with van der Waals surface area (Å²) in [4.78, 5) is 10.5. The van der Waals surface area contributed by atoms with Crippen molar-refractivity contribution in [2.45, 2.75) is 38.2 Å². The summed E-state index contributed by atoms with van der Waals surface area (Å²) >= 11 is 0. The van der Waals surface area contributed by atoms with Crippen LogP contribution >= 0.6 is 0 Å². The van der Waals surface area contributed by atoms with E-state index in [-0.39, 0.29) is 19.4 Å². The van der Waals surface area contributed by atoms with E-state index in [0.717, 1.165) is 0 Å². The van der Waals surface area contributed by atoms with Gasteiger partial charge in [0.15, 0.2) is 5.60 Å². The number of aliphatic hydroxyl groups excluding tert-OH is 1. The maximum absolute atomic E-state index is 10.5. The molecule has 0 aliphatic carbocycles. The number of aliphatic carboxylic acids is 1. The molecule has 0 radical (unpaired) electrons. The Morgan fingerprint density at radius 2 is 2.00 bits per heavy atom. The zero-order valence-corrected chi connectivity index (χ0v) is 7.29. The molecule has 72 valence electrons. The van der Waals surface area contributed by atoms with Crippen LogP contribution in [0.4, 0.5) is 0 Å². The molecule has 0 aliphatic heterocycles. The second kappa shape index (κ2) is 5.11. The zero-order valence-electron chi connectivity index (χ0n) is 7.29. The lowest BCUT2D eigenvalue weighted by Crippen LogP contribution is -2.37. The van der Waals surface area contributed by atoms with Gasteiger partial charge in [-0.05, 0) is 25.7 Å². The second-order valence-corrected chi connectivity index (χ2v) is 2.87. The lowest BCUT2D eigenvalue weighted by molar-refractivity contribution is -0.159. The highest BCUT2D eigenvalue weighted by Gasteiger charge is 2.32. The molecule has 0 aromatic heterocycles. The monoisotopic (exact) mass is 176 g/mol. The first-order valence-corrected chi connectivity index (χ1v) is 4.13. The van der Waals surface area contributed by atoms with Gasteiger partial charge in [-0.3, -0.25) is 0 Å². The topological polar surface area (TPSA) is 77.8 Å². The van der Waals surface area contributed by atoms with Crippen LogP contribution in [0.25, 0.3) is 0 Å². The number of carbonyl (C=O) groups is 1. The Labute approximate surface area is 71.8 Å². The van der Waals surface area contributed by atoms with Gasteiger partial charge in [-0.2, -0.15) is 0 Å². The minimum atomic E-state index is -1.60. The largest absolute Gasteiger partial charge is 0.479 e. The molecule has 0 bridgehead atoms. The van der Waals surface area contributed by atoms with Gasteiger partial charge in [0.25, 0.3) is 0 Å². The summed E-state index contributed by atoms with van der Waals surface area (Å²) in [6.45, 7) is 1.67. The molecule has 1 atom stereocenters.